The van der Waals surface area contributed by atoms with Crippen LogP contribution in [0.1, 0.15) is 393 Å². The molecule has 0 bridgehead atoms. The van der Waals surface area contributed by atoms with E-state index in [0.717, 1.165) is 51.4 Å². The molecule has 518 valence electrons. The summed E-state index contributed by atoms with van der Waals surface area (Å²) in [6.45, 7) is 4.94. The van der Waals surface area contributed by atoms with Crippen LogP contribution in [0.15, 0.2) is 36.5 Å². The second kappa shape index (κ2) is 70.4. The van der Waals surface area contributed by atoms with Gasteiger partial charge in [0, 0.05) is 12.8 Å². The minimum absolute atomic E-state index is 0.174. The number of unbranched alkanes of at least 4 members (excludes halogenated alkanes) is 52. The Bertz CT molecular complexity index is 1540. The molecule has 0 heterocycles. The lowest BCUT2D eigenvalue weighted by Gasteiger charge is -2.25. The van der Waals surface area contributed by atoms with Crippen LogP contribution in [0.5, 0.6) is 0 Å². The van der Waals surface area contributed by atoms with Crippen LogP contribution in [0.3, 0.4) is 0 Å². The first-order valence-corrected chi connectivity index (χ1v) is 38.7. The highest BCUT2D eigenvalue weighted by Gasteiger charge is 2.25. The largest absolute Gasteiger partial charge is 0.477 e. The molecule has 0 aromatic rings. The van der Waals surface area contributed by atoms with Crippen molar-refractivity contribution in [3.05, 3.63) is 36.5 Å². The molecule has 0 aliphatic carbocycles. The molecule has 0 aliphatic heterocycles. The van der Waals surface area contributed by atoms with Crippen molar-refractivity contribution in [2.24, 2.45) is 0 Å². The molecule has 0 amide bonds. The number of carbonyl (C=O) groups is 3. The Balaban J connectivity index is 3.93. The highest BCUT2D eigenvalue weighted by molar-refractivity contribution is 5.71. The molecular weight excluding hydrogens is 1090 g/mol. The molecular formula is C79H150NO8+. The van der Waals surface area contributed by atoms with E-state index in [9.17, 15) is 19.5 Å². The van der Waals surface area contributed by atoms with Crippen molar-refractivity contribution in [3.8, 4) is 0 Å². The zero-order chi connectivity index (χ0) is 64.0. The highest BCUT2D eigenvalue weighted by atomic mass is 16.7. The van der Waals surface area contributed by atoms with Gasteiger partial charge in [0.25, 0.3) is 6.29 Å². The SMILES string of the molecule is CCCCCCC/C=C\C/C=C\C/C=C\CCCCCCCCCCCCCCCCCCCCCCCCCCCCC(=O)OC(COC(=O)CCCCCCCCCCCCCCCCCCCCCCCC)COC(OCC[N+](C)(C)C)C(=O)O. The molecule has 0 rings (SSSR count). The molecule has 88 heavy (non-hydrogen) atoms. The maximum atomic E-state index is 13.0. The summed E-state index contributed by atoms with van der Waals surface area (Å²) >= 11 is 0. The van der Waals surface area contributed by atoms with Gasteiger partial charge in [0.05, 0.1) is 34.4 Å². The van der Waals surface area contributed by atoms with Crippen molar-refractivity contribution < 1.29 is 42.9 Å². The fourth-order valence-corrected chi connectivity index (χ4v) is 11.7. The van der Waals surface area contributed by atoms with Crippen LogP contribution in [0.4, 0.5) is 0 Å². The average molecular weight is 1240 g/mol. The van der Waals surface area contributed by atoms with Gasteiger partial charge in [0.2, 0.25) is 0 Å². The fraction of sp³-hybridized carbons (Fsp3) is 0.886. The number of hydrogen-bond acceptors (Lipinski definition) is 7. The first kappa shape index (κ1) is 85.5. The van der Waals surface area contributed by atoms with E-state index in [1.54, 1.807) is 0 Å². The van der Waals surface area contributed by atoms with Gasteiger partial charge in [-0.1, -0.05) is 365 Å². The molecule has 0 saturated heterocycles. The van der Waals surface area contributed by atoms with Gasteiger partial charge in [-0.25, -0.2) is 4.79 Å². The van der Waals surface area contributed by atoms with Crippen LogP contribution in [-0.4, -0.2) is 87.4 Å². The van der Waals surface area contributed by atoms with Crippen molar-refractivity contribution in [1.29, 1.82) is 0 Å². The predicted octanol–water partition coefficient (Wildman–Crippen LogP) is 24.3. The third kappa shape index (κ3) is 71.0. The molecule has 0 aromatic heterocycles. The minimum atomic E-state index is -1.51. The Hall–Kier alpha value is -2.49. The molecule has 0 aromatic carbocycles. The van der Waals surface area contributed by atoms with E-state index in [-0.39, 0.29) is 38.2 Å². The summed E-state index contributed by atoms with van der Waals surface area (Å²) in [5, 5.41) is 9.76. The summed E-state index contributed by atoms with van der Waals surface area (Å²) in [6, 6.07) is 0. The van der Waals surface area contributed by atoms with Crippen molar-refractivity contribution in [2.45, 2.75) is 405 Å². The quantitative estimate of drug-likeness (QED) is 0.0211. The summed E-state index contributed by atoms with van der Waals surface area (Å²) in [5.41, 5.74) is 0. The van der Waals surface area contributed by atoms with Crippen LogP contribution in [0.2, 0.25) is 0 Å². The molecule has 0 saturated carbocycles. The van der Waals surface area contributed by atoms with E-state index in [1.165, 1.54) is 315 Å². The third-order valence-corrected chi connectivity index (χ3v) is 17.6. The fourth-order valence-electron chi connectivity index (χ4n) is 11.7. The highest BCUT2D eigenvalue weighted by Crippen LogP contribution is 2.20. The topological polar surface area (TPSA) is 108 Å². The molecule has 9 nitrogen and oxygen atoms in total. The number of carbonyl (C=O) groups excluding carboxylic acids is 2. The van der Waals surface area contributed by atoms with Gasteiger partial charge in [-0.2, -0.15) is 0 Å². The number of allylic oxidation sites excluding steroid dienone is 6. The van der Waals surface area contributed by atoms with Gasteiger partial charge >= 0.3 is 17.9 Å². The van der Waals surface area contributed by atoms with E-state index in [0.29, 0.717) is 17.4 Å². The molecule has 2 unspecified atom stereocenters. The maximum absolute atomic E-state index is 13.0. The lowest BCUT2D eigenvalue weighted by molar-refractivity contribution is -0.870. The normalized spacial score (nSPS) is 12.8. The van der Waals surface area contributed by atoms with Crippen LogP contribution >= 0.6 is 0 Å². The maximum Gasteiger partial charge on any atom is 0.361 e. The second-order valence-corrected chi connectivity index (χ2v) is 27.7. The Kier molecular flexibility index (Phi) is 68.4. The Labute approximate surface area is 547 Å². The average Bonchev–Trinajstić information content (AvgIpc) is 3.55. The molecule has 9 heteroatoms. The molecule has 1 N–H and O–H groups in total. The zero-order valence-corrected chi connectivity index (χ0v) is 59.4. The number of carboxylic acids is 1. The molecule has 0 fully saturated rings. The third-order valence-electron chi connectivity index (χ3n) is 17.6. The molecule has 0 spiro atoms. The van der Waals surface area contributed by atoms with E-state index in [2.05, 4.69) is 50.3 Å². The number of nitrogens with zero attached hydrogens (tertiary/aromatic N) is 1. The van der Waals surface area contributed by atoms with E-state index >= 15 is 0 Å². The van der Waals surface area contributed by atoms with Crippen molar-refractivity contribution in [2.75, 3.05) is 47.5 Å². The van der Waals surface area contributed by atoms with Gasteiger partial charge in [-0.15, -0.1) is 0 Å². The second-order valence-electron chi connectivity index (χ2n) is 27.7. The summed E-state index contributed by atoms with van der Waals surface area (Å²) < 4.78 is 23.0. The summed E-state index contributed by atoms with van der Waals surface area (Å²) in [4.78, 5) is 37.7. The monoisotopic (exact) mass is 1240 g/mol. The van der Waals surface area contributed by atoms with Crippen LogP contribution in [-0.2, 0) is 33.3 Å². The van der Waals surface area contributed by atoms with Crippen molar-refractivity contribution in [1.82, 2.24) is 0 Å². The first-order chi connectivity index (χ1) is 43.1. The van der Waals surface area contributed by atoms with Gasteiger partial charge < -0.3 is 28.5 Å². The number of hydrogen-bond donors (Lipinski definition) is 1. The van der Waals surface area contributed by atoms with Crippen molar-refractivity contribution in [3.63, 3.8) is 0 Å². The summed E-state index contributed by atoms with van der Waals surface area (Å²) in [6.07, 6.45) is 87.3. The Morgan fingerprint density at radius 1 is 0.341 bits per heavy atom. The lowest BCUT2D eigenvalue weighted by atomic mass is 10.0. The van der Waals surface area contributed by atoms with Gasteiger partial charge in [0.15, 0.2) is 6.10 Å². The van der Waals surface area contributed by atoms with Gasteiger partial charge in [-0.05, 0) is 51.4 Å². The summed E-state index contributed by atoms with van der Waals surface area (Å²) in [5.74, 6) is -1.97. The standard InChI is InChI=1S/C79H149NO8/c1-6-8-10-12-14-16-18-20-22-24-26-28-30-31-32-33-34-35-36-37-38-39-40-41-42-43-44-45-46-47-48-50-52-54-56-58-60-62-64-66-68-70-77(82)88-75(74-87-79(78(83)84)85-72-71-80(3,4)5)73-86-76(81)69-67-65-63-61-59-57-55-53-51-49-29-27-25-23-21-19-17-15-13-11-9-7-2/h18,20,24,26,30-31,75,79H,6-17,19,21-23,25,27-29,32-74H2,1-5H3/p+1/b20-18-,26-24-,31-30-. The Morgan fingerprint density at radius 3 is 0.909 bits per heavy atom. The minimum Gasteiger partial charge on any atom is -0.477 e. The molecule has 0 radical (unpaired) electrons. The molecule has 2 atom stereocenters. The van der Waals surface area contributed by atoms with Gasteiger partial charge in [-0.3, -0.25) is 9.59 Å². The van der Waals surface area contributed by atoms with E-state index in [1.807, 2.05) is 21.1 Å². The Morgan fingerprint density at radius 2 is 0.614 bits per heavy atom. The van der Waals surface area contributed by atoms with E-state index in [4.69, 9.17) is 18.9 Å². The van der Waals surface area contributed by atoms with E-state index < -0.39 is 18.4 Å². The number of carboxylic acid groups (broad SMARTS) is 1. The lowest BCUT2D eigenvalue weighted by Crippen LogP contribution is -2.40. The van der Waals surface area contributed by atoms with Gasteiger partial charge in [0.1, 0.15) is 13.2 Å². The molecule has 0 aliphatic rings. The number of aliphatic carboxylic acids is 1. The van der Waals surface area contributed by atoms with Crippen LogP contribution in [0.25, 0.3) is 0 Å². The number of likely N-dealkylation sites (N-methyl/N-ethyl adjacent to an activating group) is 1. The zero-order valence-electron chi connectivity index (χ0n) is 59.4. The van der Waals surface area contributed by atoms with Crippen LogP contribution in [0, 0.1) is 0 Å². The van der Waals surface area contributed by atoms with Crippen LogP contribution < -0.4 is 0 Å². The smallest absolute Gasteiger partial charge is 0.361 e. The number of ether oxygens (including phenoxy) is 4. The number of esters is 2. The first-order valence-electron chi connectivity index (χ1n) is 38.7. The van der Waals surface area contributed by atoms with Crippen molar-refractivity contribution >= 4 is 17.9 Å². The summed E-state index contributed by atoms with van der Waals surface area (Å²) in [7, 11) is 6.00. The number of rotatable bonds is 73. The number of quaternary nitrogens is 1. The predicted molar refractivity (Wildman–Crippen MR) is 378 cm³/mol.